The number of amides is 2. The molecule has 0 saturated carbocycles. The van der Waals surface area contributed by atoms with Crippen molar-refractivity contribution in [1.82, 2.24) is 10.6 Å². The first kappa shape index (κ1) is 18.5. The highest BCUT2D eigenvalue weighted by Gasteiger charge is 2.22. The minimum absolute atomic E-state index is 0.129. The van der Waals surface area contributed by atoms with Gasteiger partial charge in [0.1, 0.15) is 23.7 Å². The summed E-state index contributed by atoms with van der Waals surface area (Å²) in [6.07, 6.45) is -0.104. The van der Waals surface area contributed by atoms with Gasteiger partial charge in [0, 0.05) is 6.07 Å². The van der Waals surface area contributed by atoms with Crippen LogP contribution in [0.5, 0.6) is 0 Å². The van der Waals surface area contributed by atoms with Gasteiger partial charge in [-0.15, -0.1) is 0 Å². The van der Waals surface area contributed by atoms with E-state index in [0.29, 0.717) is 6.07 Å². The summed E-state index contributed by atoms with van der Waals surface area (Å²) in [7, 11) is 0. The molecule has 8 heteroatoms. The number of nitrogens with one attached hydrogen (secondary N) is 2. The molecule has 2 atom stereocenters. The second kappa shape index (κ2) is 8.21. The molecule has 0 fully saturated rings. The predicted molar refractivity (Wildman–Crippen MR) is 77.5 cm³/mol. The Morgan fingerprint density at radius 2 is 1.70 bits per heavy atom. The van der Waals surface area contributed by atoms with E-state index < -0.39 is 41.5 Å². The van der Waals surface area contributed by atoms with E-state index in [0.717, 1.165) is 12.1 Å². The smallest absolute Gasteiger partial charge is 0.326 e. The van der Waals surface area contributed by atoms with Gasteiger partial charge in [-0.25, -0.2) is 13.6 Å². The fraction of sp³-hybridized carbons (Fsp3) is 0.400. The minimum atomic E-state index is -1.17. The standard InChI is InChI=1S/C15H18F2N2O4/c1-3-12(15(22)23)19-14(21)8(2)18-13(20)6-9-4-10(16)7-11(17)5-9/h4-5,7-8,12H,3,6H2,1-2H3,(H,18,20)(H,19,21)(H,22,23)/t8-,12-/m0/s1. The first-order valence-electron chi connectivity index (χ1n) is 7.00. The second-order valence-corrected chi connectivity index (χ2v) is 5.05. The summed E-state index contributed by atoms with van der Waals surface area (Å²) >= 11 is 0. The number of benzene rings is 1. The van der Waals surface area contributed by atoms with Gasteiger partial charge < -0.3 is 15.7 Å². The van der Waals surface area contributed by atoms with Crippen LogP contribution in [0.15, 0.2) is 18.2 Å². The van der Waals surface area contributed by atoms with Crippen molar-refractivity contribution in [2.24, 2.45) is 0 Å². The van der Waals surface area contributed by atoms with Gasteiger partial charge in [0.15, 0.2) is 0 Å². The van der Waals surface area contributed by atoms with E-state index in [-0.39, 0.29) is 18.4 Å². The van der Waals surface area contributed by atoms with Crippen LogP contribution in [0.2, 0.25) is 0 Å². The zero-order valence-corrected chi connectivity index (χ0v) is 12.7. The predicted octanol–water partition coefficient (Wildman–Crippen LogP) is 0.991. The normalized spacial score (nSPS) is 13.0. The number of carboxylic acid groups (broad SMARTS) is 1. The highest BCUT2D eigenvalue weighted by Crippen LogP contribution is 2.08. The summed E-state index contributed by atoms with van der Waals surface area (Å²) < 4.78 is 26.1. The molecule has 0 saturated heterocycles. The maximum atomic E-state index is 13.0. The lowest BCUT2D eigenvalue weighted by Crippen LogP contribution is -2.50. The molecular formula is C15H18F2N2O4. The lowest BCUT2D eigenvalue weighted by Gasteiger charge is -2.17. The Balaban J connectivity index is 2.59. The van der Waals surface area contributed by atoms with Crippen molar-refractivity contribution in [3.63, 3.8) is 0 Å². The molecule has 0 aliphatic rings. The van der Waals surface area contributed by atoms with Gasteiger partial charge >= 0.3 is 5.97 Å². The maximum Gasteiger partial charge on any atom is 0.326 e. The van der Waals surface area contributed by atoms with E-state index in [4.69, 9.17) is 5.11 Å². The fourth-order valence-corrected chi connectivity index (χ4v) is 1.89. The monoisotopic (exact) mass is 328 g/mol. The van der Waals surface area contributed by atoms with Crippen LogP contribution in [-0.4, -0.2) is 35.0 Å². The van der Waals surface area contributed by atoms with Crippen LogP contribution in [-0.2, 0) is 20.8 Å². The quantitative estimate of drug-likeness (QED) is 0.695. The summed E-state index contributed by atoms with van der Waals surface area (Å²) in [6, 6.07) is 0.706. The Morgan fingerprint density at radius 1 is 1.13 bits per heavy atom. The van der Waals surface area contributed by atoms with E-state index >= 15 is 0 Å². The summed E-state index contributed by atoms with van der Waals surface area (Å²) in [5, 5.41) is 13.5. The van der Waals surface area contributed by atoms with Crippen molar-refractivity contribution < 1.29 is 28.3 Å². The molecular weight excluding hydrogens is 310 g/mol. The van der Waals surface area contributed by atoms with Gasteiger partial charge in [0.25, 0.3) is 0 Å². The molecule has 0 radical (unpaired) electrons. The van der Waals surface area contributed by atoms with Crippen LogP contribution in [0.3, 0.4) is 0 Å². The van der Waals surface area contributed by atoms with Gasteiger partial charge in [-0.3, -0.25) is 9.59 Å². The Kier molecular flexibility index (Phi) is 6.62. The van der Waals surface area contributed by atoms with E-state index in [1.165, 1.54) is 6.92 Å². The van der Waals surface area contributed by atoms with Crippen LogP contribution < -0.4 is 10.6 Å². The maximum absolute atomic E-state index is 13.0. The third-order valence-corrected chi connectivity index (χ3v) is 3.08. The van der Waals surface area contributed by atoms with Crippen molar-refractivity contribution in [2.75, 3.05) is 0 Å². The molecule has 1 aromatic rings. The van der Waals surface area contributed by atoms with Crippen LogP contribution >= 0.6 is 0 Å². The second-order valence-electron chi connectivity index (χ2n) is 5.05. The molecule has 0 heterocycles. The van der Waals surface area contributed by atoms with Crippen LogP contribution in [0.25, 0.3) is 0 Å². The molecule has 23 heavy (non-hydrogen) atoms. The topological polar surface area (TPSA) is 95.5 Å². The molecule has 126 valence electrons. The minimum Gasteiger partial charge on any atom is -0.480 e. The molecule has 1 aromatic carbocycles. The summed E-state index contributed by atoms with van der Waals surface area (Å²) in [4.78, 5) is 34.4. The number of carboxylic acids is 1. The number of aliphatic carboxylic acids is 1. The lowest BCUT2D eigenvalue weighted by molar-refractivity contribution is -0.142. The largest absolute Gasteiger partial charge is 0.480 e. The highest BCUT2D eigenvalue weighted by molar-refractivity contribution is 5.90. The van der Waals surface area contributed by atoms with Gasteiger partial charge in [0.05, 0.1) is 6.42 Å². The van der Waals surface area contributed by atoms with Crippen molar-refractivity contribution in [1.29, 1.82) is 0 Å². The molecule has 3 N–H and O–H groups in total. The van der Waals surface area contributed by atoms with Gasteiger partial charge in [-0.1, -0.05) is 6.92 Å². The first-order valence-corrected chi connectivity index (χ1v) is 7.00. The number of carbonyl (C=O) groups is 3. The fourth-order valence-electron chi connectivity index (χ4n) is 1.89. The number of hydrogen-bond acceptors (Lipinski definition) is 3. The summed E-state index contributed by atoms with van der Waals surface area (Å²) in [6.45, 7) is 2.98. The van der Waals surface area contributed by atoms with E-state index in [2.05, 4.69) is 10.6 Å². The zero-order chi connectivity index (χ0) is 17.6. The van der Waals surface area contributed by atoms with Crippen LogP contribution in [0.1, 0.15) is 25.8 Å². The number of carbonyl (C=O) groups excluding carboxylic acids is 2. The highest BCUT2D eigenvalue weighted by atomic mass is 19.1. The average Bonchev–Trinajstić information content (AvgIpc) is 2.42. The molecule has 2 amide bonds. The Labute approximate surface area is 131 Å². The van der Waals surface area contributed by atoms with Crippen LogP contribution in [0, 0.1) is 11.6 Å². The molecule has 0 unspecified atom stereocenters. The van der Waals surface area contributed by atoms with Crippen molar-refractivity contribution in [2.45, 2.75) is 38.8 Å². The molecule has 0 spiro atoms. The van der Waals surface area contributed by atoms with E-state index in [1.54, 1.807) is 6.92 Å². The molecule has 0 aliphatic heterocycles. The Bertz CT molecular complexity index is 587. The third kappa shape index (κ3) is 6.01. The van der Waals surface area contributed by atoms with Crippen LogP contribution in [0.4, 0.5) is 8.78 Å². The number of halogens is 2. The molecule has 0 aromatic heterocycles. The van der Waals surface area contributed by atoms with Gasteiger partial charge in [0.2, 0.25) is 11.8 Å². The van der Waals surface area contributed by atoms with Crippen molar-refractivity contribution in [3.8, 4) is 0 Å². The number of hydrogen-bond donors (Lipinski definition) is 3. The molecule has 0 aliphatic carbocycles. The molecule has 1 rings (SSSR count). The Hall–Kier alpha value is -2.51. The van der Waals surface area contributed by atoms with E-state index in [1.807, 2.05) is 0 Å². The molecule has 0 bridgehead atoms. The van der Waals surface area contributed by atoms with Gasteiger partial charge in [-0.05, 0) is 31.0 Å². The van der Waals surface area contributed by atoms with E-state index in [9.17, 15) is 23.2 Å². The van der Waals surface area contributed by atoms with Crippen molar-refractivity contribution >= 4 is 17.8 Å². The number of rotatable bonds is 7. The average molecular weight is 328 g/mol. The zero-order valence-electron chi connectivity index (χ0n) is 12.7. The first-order chi connectivity index (χ1) is 10.7. The SMILES string of the molecule is CC[C@H](NC(=O)[C@H](C)NC(=O)Cc1cc(F)cc(F)c1)C(=O)O. The summed E-state index contributed by atoms with van der Waals surface area (Å²) in [5.41, 5.74) is 0.129. The lowest BCUT2D eigenvalue weighted by atomic mass is 10.1. The Morgan fingerprint density at radius 3 is 2.17 bits per heavy atom. The molecule has 6 nitrogen and oxygen atoms in total. The third-order valence-electron chi connectivity index (χ3n) is 3.08. The van der Waals surface area contributed by atoms with Crippen molar-refractivity contribution in [3.05, 3.63) is 35.4 Å². The van der Waals surface area contributed by atoms with Gasteiger partial charge in [-0.2, -0.15) is 0 Å². The summed E-state index contributed by atoms with van der Waals surface area (Å²) in [5.74, 6) is -4.04.